The van der Waals surface area contributed by atoms with Crippen LogP contribution in [-0.4, -0.2) is 30.9 Å². The van der Waals surface area contributed by atoms with Gasteiger partial charge in [0.05, 0.1) is 10.0 Å². The quantitative estimate of drug-likeness (QED) is 0.800. The highest BCUT2D eigenvalue weighted by Gasteiger charge is 2.39. The Balaban J connectivity index is 1.67. The summed E-state index contributed by atoms with van der Waals surface area (Å²) in [5.41, 5.74) is 6.43. The number of amides is 2. The van der Waals surface area contributed by atoms with E-state index < -0.39 is 5.92 Å². The zero-order valence-corrected chi connectivity index (χ0v) is 14.8. The van der Waals surface area contributed by atoms with Crippen LogP contribution in [0.4, 0.5) is 5.69 Å². The Hall–Kier alpha value is -1.30. The number of hydrogen-bond donors (Lipinski definition) is 2. The number of benzene rings is 1. The Morgan fingerprint density at radius 3 is 2.75 bits per heavy atom. The van der Waals surface area contributed by atoms with Gasteiger partial charge in [0.2, 0.25) is 11.8 Å². The van der Waals surface area contributed by atoms with Crippen LogP contribution in [0.1, 0.15) is 25.7 Å². The summed E-state index contributed by atoms with van der Waals surface area (Å²) in [6.45, 7) is 1.07. The second-order valence-electron chi connectivity index (χ2n) is 6.47. The number of nitrogens with two attached hydrogens (primary N) is 1. The maximum absolute atomic E-state index is 12.6. The number of nitrogens with zero attached hydrogens (tertiary/aromatic N) is 1. The number of carbonyl (C=O) groups excluding carboxylic acids is 2. The maximum atomic E-state index is 12.6. The van der Waals surface area contributed by atoms with Crippen LogP contribution in [0.25, 0.3) is 0 Å². The van der Waals surface area contributed by atoms with Crippen LogP contribution < -0.4 is 16.0 Å². The van der Waals surface area contributed by atoms with E-state index in [1.165, 1.54) is 0 Å². The van der Waals surface area contributed by atoms with E-state index >= 15 is 0 Å². The molecule has 3 rings (SSSR count). The molecular weight excluding hydrogens is 349 g/mol. The summed E-state index contributed by atoms with van der Waals surface area (Å²) >= 11 is 11.9. The molecule has 1 saturated heterocycles. The molecule has 2 aliphatic rings. The SMILES string of the molecule is NCC1CCCC1NC(=O)C1CCN(c2ccc(Cl)c(Cl)c2)C1=O. The average Bonchev–Trinajstić information content (AvgIpc) is 3.16. The van der Waals surface area contributed by atoms with Gasteiger partial charge in [-0.25, -0.2) is 0 Å². The van der Waals surface area contributed by atoms with Crippen molar-refractivity contribution >= 4 is 40.7 Å². The molecule has 1 aliphatic carbocycles. The summed E-state index contributed by atoms with van der Waals surface area (Å²) in [4.78, 5) is 26.8. The molecule has 24 heavy (non-hydrogen) atoms. The van der Waals surface area contributed by atoms with E-state index in [2.05, 4.69) is 5.32 Å². The van der Waals surface area contributed by atoms with Gasteiger partial charge in [-0.05, 0) is 49.9 Å². The topological polar surface area (TPSA) is 75.4 Å². The standard InChI is InChI=1S/C17H21Cl2N3O2/c18-13-5-4-11(8-14(13)19)22-7-6-12(17(22)24)16(23)21-15-3-1-2-10(15)9-20/h4-5,8,10,12,15H,1-3,6-7,9,20H2,(H,21,23). The number of rotatable bonds is 4. The second-order valence-corrected chi connectivity index (χ2v) is 7.29. The van der Waals surface area contributed by atoms with Crippen molar-refractivity contribution in [3.8, 4) is 0 Å². The number of anilines is 1. The summed E-state index contributed by atoms with van der Waals surface area (Å²) in [6, 6.07) is 5.15. The summed E-state index contributed by atoms with van der Waals surface area (Å²) in [6.07, 6.45) is 3.55. The molecule has 2 amide bonds. The lowest BCUT2D eigenvalue weighted by Crippen LogP contribution is -2.44. The largest absolute Gasteiger partial charge is 0.352 e. The molecule has 1 saturated carbocycles. The molecule has 3 N–H and O–H groups in total. The van der Waals surface area contributed by atoms with E-state index in [0.717, 1.165) is 19.3 Å². The molecule has 5 nitrogen and oxygen atoms in total. The molecule has 3 atom stereocenters. The van der Waals surface area contributed by atoms with Crippen LogP contribution in [-0.2, 0) is 9.59 Å². The third-order valence-corrected chi connectivity index (χ3v) is 5.77. The van der Waals surface area contributed by atoms with Gasteiger partial charge in [0.15, 0.2) is 0 Å². The van der Waals surface area contributed by atoms with Gasteiger partial charge in [-0.3, -0.25) is 9.59 Å². The predicted molar refractivity (Wildman–Crippen MR) is 95.2 cm³/mol. The Morgan fingerprint density at radius 2 is 2.04 bits per heavy atom. The molecule has 0 spiro atoms. The first-order chi connectivity index (χ1) is 11.5. The van der Waals surface area contributed by atoms with E-state index in [1.807, 2.05) is 0 Å². The van der Waals surface area contributed by atoms with Crippen molar-refractivity contribution in [1.29, 1.82) is 0 Å². The number of halogens is 2. The highest BCUT2D eigenvalue weighted by molar-refractivity contribution is 6.42. The van der Waals surface area contributed by atoms with E-state index in [9.17, 15) is 9.59 Å². The summed E-state index contributed by atoms with van der Waals surface area (Å²) in [5.74, 6) is -0.698. The third kappa shape index (κ3) is 3.39. The smallest absolute Gasteiger partial charge is 0.239 e. The van der Waals surface area contributed by atoms with Crippen LogP contribution in [0.15, 0.2) is 18.2 Å². The van der Waals surface area contributed by atoms with Gasteiger partial charge in [0, 0.05) is 18.3 Å². The molecule has 0 bridgehead atoms. The Kier molecular flexibility index (Phi) is 5.33. The summed E-state index contributed by atoms with van der Waals surface area (Å²) < 4.78 is 0. The monoisotopic (exact) mass is 369 g/mol. The van der Waals surface area contributed by atoms with Crippen LogP contribution in [0.3, 0.4) is 0 Å². The van der Waals surface area contributed by atoms with Gasteiger partial charge in [0.25, 0.3) is 0 Å². The highest BCUT2D eigenvalue weighted by Crippen LogP contribution is 2.31. The van der Waals surface area contributed by atoms with Crippen LogP contribution in [0, 0.1) is 11.8 Å². The second kappa shape index (κ2) is 7.30. The van der Waals surface area contributed by atoms with Gasteiger partial charge >= 0.3 is 0 Å². The van der Waals surface area contributed by atoms with Crippen LogP contribution >= 0.6 is 23.2 Å². The van der Waals surface area contributed by atoms with E-state index in [-0.39, 0.29) is 17.9 Å². The molecule has 1 heterocycles. The fourth-order valence-corrected chi connectivity index (χ4v) is 3.92. The lowest BCUT2D eigenvalue weighted by molar-refractivity contribution is -0.132. The van der Waals surface area contributed by atoms with Crippen molar-refractivity contribution in [2.75, 3.05) is 18.0 Å². The van der Waals surface area contributed by atoms with E-state index in [0.29, 0.717) is 41.2 Å². The third-order valence-electron chi connectivity index (χ3n) is 5.03. The maximum Gasteiger partial charge on any atom is 0.239 e. The minimum Gasteiger partial charge on any atom is -0.352 e. The zero-order chi connectivity index (χ0) is 17.3. The number of carbonyl (C=O) groups is 2. The van der Waals surface area contributed by atoms with E-state index in [1.54, 1.807) is 23.1 Å². The average molecular weight is 370 g/mol. The van der Waals surface area contributed by atoms with Gasteiger partial charge in [0.1, 0.15) is 5.92 Å². The Labute approximate surface area is 151 Å². The van der Waals surface area contributed by atoms with Crippen LogP contribution in [0.2, 0.25) is 10.0 Å². The Bertz CT molecular complexity index is 653. The van der Waals surface area contributed by atoms with Gasteiger partial charge in [-0.15, -0.1) is 0 Å². The predicted octanol–water partition coefficient (Wildman–Crippen LogP) is 2.59. The normalized spacial score (nSPS) is 26.9. The first-order valence-electron chi connectivity index (χ1n) is 8.28. The fourth-order valence-electron chi connectivity index (χ4n) is 3.62. The van der Waals surface area contributed by atoms with E-state index in [4.69, 9.17) is 28.9 Å². The van der Waals surface area contributed by atoms with Crippen molar-refractivity contribution in [2.24, 2.45) is 17.6 Å². The fraction of sp³-hybridized carbons (Fsp3) is 0.529. The molecule has 1 aliphatic heterocycles. The molecule has 0 aromatic heterocycles. The first kappa shape index (κ1) is 17.5. The first-order valence-corrected chi connectivity index (χ1v) is 9.03. The lowest BCUT2D eigenvalue weighted by atomic mass is 10.0. The molecule has 2 fully saturated rings. The minimum absolute atomic E-state index is 0.0920. The van der Waals surface area contributed by atoms with Gasteiger partial charge < -0.3 is 16.0 Å². The molecule has 1 aromatic carbocycles. The molecule has 7 heteroatoms. The van der Waals surface area contributed by atoms with Gasteiger partial charge in [-0.2, -0.15) is 0 Å². The van der Waals surface area contributed by atoms with Crippen molar-refractivity contribution in [1.82, 2.24) is 5.32 Å². The Morgan fingerprint density at radius 1 is 1.25 bits per heavy atom. The van der Waals surface area contributed by atoms with Crippen molar-refractivity contribution in [2.45, 2.75) is 31.7 Å². The molecule has 130 valence electrons. The summed E-state index contributed by atoms with van der Waals surface area (Å²) in [5, 5.41) is 3.87. The highest BCUT2D eigenvalue weighted by atomic mass is 35.5. The zero-order valence-electron chi connectivity index (χ0n) is 13.3. The summed E-state index contributed by atoms with van der Waals surface area (Å²) in [7, 11) is 0. The number of hydrogen-bond acceptors (Lipinski definition) is 3. The van der Waals surface area contributed by atoms with Crippen molar-refractivity contribution in [3.05, 3.63) is 28.2 Å². The van der Waals surface area contributed by atoms with Crippen molar-refractivity contribution in [3.63, 3.8) is 0 Å². The molecular formula is C17H21Cl2N3O2. The minimum atomic E-state index is -0.640. The molecule has 1 aromatic rings. The number of nitrogens with one attached hydrogen (secondary N) is 1. The lowest BCUT2D eigenvalue weighted by Gasteiger charge is -2.21. The van der Waals surface area contributed by atoms with Gasteiger partial charge in [-0.1, -0.05) is 29.6 Å². The molecule has 3 unspecified atom stereocenters. The van der Waals surface area contributed by atoms with Crippen molar-refractivity contribution < 1.29 is 9.59 Å². The van der Waals surface area contributed by atoms with Crippen LogP contribution in [0.5, 0.6) is 0 Å². The molecule has 0 radical (unpaired) electrons.